The molecule has 28 heavy (non-hydrogen) atoms. The van der Waals surface area contributed by atoms with Crippen LogP contribution in [-0.4, -0.2) is 33.6 Å². The molecule has 0 saturated carbocycles. The van der Waals surface area contributed by atoms with Crippen LogP contribution >= 0.6 is 0 Å². The largest absolute Gasteiger partial charge is 0.474 e. The molecule has 0 spiro atoms. The van der Waals surface area contributed by atoms with Gasteiger partial charge in [0.05, 0.1) is 0 Å². The van der Waals surface area contributed by atoms with Crippen LogP contribution in [0.2, 0.25) is 0 Å². The van der Waals surface area contributed by atoms with Gasteiger partial charge in [-0.3, -0.25) is 10.1 Å². The number of amides is 2. The Morgan fingerprint density at radius 2 is 1.46 bits per heavy atom. The van der Waals surface area contributed by atoms with E-state index in [1.165, 1.54) is 4.90 Å². The Morgan fingerprint density at radius 3 is 1.96 bits per heavy atom. The fourth-order valence-electron chi connectivity index (χ4n) is 2.47. The molecule has 0 aliphatic heterocycles. The number of rotatable bonds is 5. The number of nitrogens with one attached hydrogen (secondary N) is 1. The zero-order valence-corrected chi connectivity index (χ0v) is 16.1. The monoisotopic (exact) mass is 384 g/mol. The molecule has 7 heteroatoms. The van der Waals surface area contributed by atoms with E-state index in [0.29, 0.717) is 5.69 Å². The highest BCUT2D eigenvalue weighted by molar-refractivity contribution is 6.31. The van der Waals surface area contributed by atoms with E-state index in [1.807, 2.05) is 30.3 Å². The number of carbonyl (C=O) groups is 3. The van der Waals surface area contributed by atoms with Gasteiger partial charge in [-0.1, -0.05) is 42.5 Å². The summed E-state index contributed by atoms with van der Waals surface area (Å²) in [6.45, 7) is 5.64. The lowest BCUT2D eigenvalue weighted by Crippen LogP contribution is -2.35. The molecule has 0 saturated heterocycles. The van der Waals surface area contributed by atoms with Crippen molar-refractivity contribution in [3.8, 4) is 0 Å². The van der Waals surface area contributed by atoms with Crippen molar-refractivity contribution in [2.75, 3.05) is 5.32 Å². The van der Waals surface area contributed by atoms with Crippen molar-refractivity contribution in [1.29, 1.82) is 0 Å². The van der Waals surface area contributed by atoms with Crippen LogP contribution in [-0.2, 0) is 27.4 Å². The first-order valence-electron chi connectivity index (χ1n) is 8.79. The Bertz CT molecular complexity index is 826. The van der Waals surface area contributed by atoms with Gasteiger partial charge in [-0.25, -0.2) is 9.59 Å². The van der Waals surface area contributed by atoms with E-state index in [0.717, 1.165) is 11.1 Å². The molecule has 0 heterocycles. The maximum Gasteiger partial charge on any atom is 0.412 e. The molecule has 0 bridgehead atoms. The zero-order valence-electron chi connectivity index (χ0n) is 16.1. The molecule has 0 aliphatic rings. The van der Waals surface area contributed by atoms with Gasteiger partial charge in [0.1, 0.15) is 5.60 Å². The molecule has 148 valence electrons. The maximum absolute atomic E-state index is 12.0. The SMILES string of the molecule is CC(C)(C)OC(=O)Nc1ccc(CN(Cc2ccccc2)C(=O)C(=O)O)cc1. The molecule has 0 radical (unpaired) electrons. The molecule has 2 rings (SSSR count). The molecule has 2 N–H and O–H groups in total. The van der Waals surface area contributed by atoms with Crippen LogP contribution in [0, 0.1) is 0 Å². The highest BCUT2D eigenvalue weighted by Crippen LogP contribution is 2.15. The first kappa shape index (κ1) is 21.0. The summed E-state index contributed by atoms with van der Waals surface area (Å²) >= 11 is 0. The predicted octanol–water partition coefficient (Wildman–Crippen LogP) is 3.65. The number of anilines is 1. The van der Waals surface area contributed by atoms with Gasteiger partial charge in [-0.15, -0.1) is 0 Å². The number of aliphatic carboxylic acids is 1. The van der Waals surface area contributed by atoms with E-state index in [9.17, 15) is 14.4 Å². The molecular formula is C21H24N2O5. The Balaban J connectivity index is 2.06. The highest BCUT2D eigenvalue weighted by atomic mass is 16.6. The molecule has 7 nitrogen and oxygen atoms in total. The molecule has 0 fully saturated rings. The van der Waals surface area contributed by atoms with Crippen molar-refractivity contribution in [3.05, 3.63) is 65.7 Å². The summed E-state index contributed by atoms with van der Waals surface area (Å²) in [7, 11) is 0. The minimum atomic E-state index is -1.50. The summed E-state index contributed by atoms with van der Waals surface area (Å²) in [6, 6.07) is 16.0. The number of hydrogen-bond acceptors (Lipinski definition) is 4. The summed E-state index contributed by atoms with van der Waals surface area (Å²) in [5, 5.41) is 11.7. The van der Waals surface area contributed by atoms with Gasteiger partial charge < -0.3 is 14.7 Å². The van der Waals surface area contributed by atoms with Crippen molar-refractivity contribution in [2.24, 2.45) is 0 Å². The minimum absolute atomic E-state index is 0.132. The van der Waals surface area contributed by atoms with Gasteiger partial charge in [0.25, 0.3) is 0 Å². The second-order valence-electron chi connectivity index (χ2n) is 7.28. The van der Waals surface area contributed by atoms with Gasteiger partial charge in [-0.2, -0.15) is 0 Å². The molecule has 2 aromatic carbocycles. The zero-order chi connectivity index (χ0) is 20.7. The van der Waals surface area contributed by atoms with Crippen LogP contribution in [0.1, 0.15) is 31.9 Å². The van der Waals surface area contributed by atoms with Gasteiger partial charge >= 0.3 is 18.0 Å². The summed E-state index contributed by atoms with van der Waals surface area (Å²) < 4.78 is 5.19. The lowest BCUT2D eigenvalue weighted by atomic mass is 10.1. The van der Waals surface area contributed by atoms with Crippen LogP contribution in [0.4, 0.5) is 10.5 Å². The first-order valence-corrected chi connectivity index (χ1v) is 8.79. The highest BCUT2D eigenvalue weighted by Gasteiger charge is 2.21. The number of carbonyl (C=O) groups excluding carboxylic acids is 2. The molecular weight excluding hydrogens is 360 g/mol. The van der Waals surface area contributed by atoms with Crippen molar-refractivity contribution in [3.63, 3.8) is 0 Å². The van der Waals surface area contributed by atoms with Gasteiger partial charge in [0, 0.05) is 18.8 Å². The Hall–Kier alpha value is -3.35. The van der Waals surface area contributed by atoms with E-state index in [1.54, 1.807) is 45.0 Å². The molecule has 0 unspecified atom stereocenters. The van der Waals surface area contributed by atoms with E-state index in [-0.39, 0.29) is 13.1 Å². The molecule has 0 aliphatic carbocycles. The van der Waals surface area contributed by atoms with Crippen molar-refractivity contribution in [1.82, 2.24) is 4.90 Å². The normalized spacial score (nSPS) is 10.8. The van der Waals surface area contributed by atoms with Crippen LogP contribution < -0.4 is 5.32 Å². The fraction of sp³-hybridized carbons (Fsp3) is 0.286. The quantitative estimate of drug-likeness (QED) is 0.767. The van der Waals surface area contributed by atoms with Crippen molar-refractivity contribution < 1.29 is 24.2 Å². The third-order valence-electron chi connectivity index (χ3n) is 3.66. The van der Waals surface area contributed by atoms with Crippen LogP contribution in [0.15, 0.2) is 54.6 Å². The average Bonchev–Trinajstić information content (AvgIpc) is 2.61. The number of hydrogen-bond donors (Lipinski definition) is 2. The summed E-state index contributed by atoms with van der Waals surface area (Å²) in [5.74, 6) is -2.47. The van der Waals surface area contributed by atoms with E-state index >= 15 is 0 Å². The number of carboxylic acid groups (broad SMARTS) is 1. The smallest absolute Gasteiger partial charge is 0.412 e. The van der Waals surface area contributed by atoms with Crippen molar-refractivity contribution >= 4 is 23.7 Å². The Morgan fingerprint density at radius 1 is 0.929 bits per heavy atom. The lowest BCUT2D eigenvalue weighted by molar-refractivity contribution is -0.156. The maximum atomic E-state index is 12.0. The van der Waals surface area contributed by atoms with Crippen LogP contribution in [0.25, 0.3) is 0 Å². The van der Waals surface area contributed by atoms with E-state index in [4.69, 9.17) is 9.84 Å². The summed E-state index contributed by atoms with van der Waals surface area (Å²) in [4.78, 5) is 36.3. The average molecular weight is 384 g/mol. The van der Waals surface area contributed by atoms with Crippen LogP contribution in [0.3, 0.4) is 0 Å². The number of nitrogens with zero attached hydrogens (tertiary/aromatic N) is 1. The van der Waals surface area contributed by atoms with Crippen molar-refractivity contribution in [2.45, 2.75) is 39.5 Å². The first-order chi connectivity index (χ1) is 13.1. The summed E-state index contributed by atoms with van der Waals surface area (Å²) in [6.07, 6.45) is -0.563. The van der Waals surface area contributed by atoms with Gasteiger partial charge in [-0.05, 0) is 44.0 Å². The van der Waals surface area contributed by atoms with Gasteiger partial charge in [0.15, 0.2) is 0 Å². The lowest BCUT2D eigenvalue weighted by Gasteiger charge is -2.21. The number of benzene rings is 2. The van der Waals surface area contributed by atoms with E-state index < -0.39 is 23.6 Å². The fourth-order valence-corrected chi connectivity index (χ4v) is 2.47. The molecule has 0 atom stereocenters. The minimum Gasteiger partial charge on any atom is -0.474 e. The molecule has 0 aromatic heterocycles. The second kappa shape index (κ2) is 9.03. The standard InChI is InChI=1S/C21H24N2O5/c1-21(2,3)28-20(27)22-17-11-9-16(10-12-17)14-23(18(24)19(25)26)13-15-7-5-4-6-8-15/h4-12H,13-14H2,1-3H3,(H,22,27)(H,25,26). The number of carboxylic acids is 1. The van der Waals surface area contributed by atoms with Crippen LogP contribution in [0.5, 0.6) is 0 Å². The van der Waals surface area contributed by atoms with E-state index in [2.05, 4.69) is 5.32 Å². The third kappa shape index (κ3) is 6.75. The molecule has 2 aromatic rings. The summed E-state index contributed by atoms with van der Waals surface area (Å²) in [5.41, 5.74) is 1.51. The topological polar surface area (TPSA) is 95.9 Å². The molecule has 2 amide bonds. The second-order valence-corrected chi connectivity index (χ2v) is 7.28. The third-order valence-corrected chi connectivity index (χ3v) is 3.66. The Kier molecular flexibility index (Phi) is 6.76. The Labute approximate surface area is 163 Å². The predicted molar refractivity (Wildman–Crippen MR) is 105 cm³/mol. The van der Waals surface area contributed by atoms with Gasteiger partial charge in [0.2, 0.25) is 0 Å². The number of ether oxygens (including phenoxy) is 1.